The van der Waals surface area contributed by atoms with Crippen molar-refractivity contribution in [3.05, 3.63) is 59.2 Å². The Balaban J connectivity index is 2.02. The van der Waals surface area contributed by atoms with Crippen LogP contribution in [0.25, 0.3) is 0 Å². The van der Waals surface area contributed by atoms with Crippen LogP contribution in [0.1, 0.15) is 16.8 Å². The summed E-state index contributed by atoms with van der Waals surface area (Å²) in [5.74, 6) is -0.177. The number of pyridine rings is 1. The van der Waals surface area contributed by atoms with Crippen LogP contribution in [0.3, 0.4) is 0 Å². The lowest BCUT2D eigenvalue weighted by Gasteiger charge is -2.07. The first-order valence-electron chi connectivity index (χ1n) is 5.57. The summed E-state index contributed by atoms with van der Waals surface area (Å²) in [7, 11) is 0. The molecule has 1 aromatic heterocycles. The summed E-state index contributed by atoms with van der Waals surface area (Å²) < 4.78 is 13.1. The highest BCUT2D eigenvalue weighted by molar-refractivity contribution is 5.46. The molecule has 0 spiro atoms. The third-order valence-corrected chi connectivity index (χ3v) is 2.60. The van der Waals surface area contributed by atoms with Crippen molar-refractivity contribution in [1.82, 2.24) is 4.98 Å². The van der Waals surface area contributed by atoms with E-state index in [1.54, 1.807) is 19.1 Å². The number of anilines is 1. The van der Waals surface area contributed by atoms with Crippen LogP contribution in [0, 0.1) is 19.7 Å². The highest BCUT2D eigenvalue weighted by atomic mass is 19.1. The Bertz CT molecular complexity index is 506. The van der Waals surface area contributed by atoms with E-state index in [0.29, 0.717) is 12.1 Å². The monoisotopic (exact) mass is 230 g/mol. The number of rotatable bonds is 3. The summed E-state index contributed by atoms with van der Waals surface area (Å²) in [5.41, 5.74) is 3.67. The van der Waals surface area contributed by atoms with Crippen LogP contribution in [0.15, 0.2) is 36.5 Å². The van der Waals surface area contributed by atoms with Gasteiger partial charge in [0.05, 0.1) is 12.2 Å². The van der Waals surface area contributed by atoms with Crippen molar-refractivity contribution in [1.29, 1.82) is 0 Å². The minimum Gasteiger partial charge on any atom is -0.379 e. The zero-order chi connectivity index (χ0) is 12.3. The van der Waals surface area contributed by atoms with Crippen LogP contribution in [0.2, 0.25) is 0 Å². The Morgan fingerprint density at radius 2 is 2.00 bits per heavy atom. The maximum atomic E-state index is 13.1. The van der Waals surface area contributed by atoms with Gasteiger partial charge in [0.15, 0.2) is 0 Å². The van der Waals surface area contributed by atoms with Crippen molar-refractivity contribution < 1.29 is 4.39 Å². The normalized spacial score (nSPS) is 10.3. The Morgan fingerprint density at radius 3 is 2.65 bits per heavy atom. The summed E-state index contributed by atoms with van der Waals surface area (Å²) in [6, 6.07) is 9.01. The third kappa shape index (κ3) is 3.03. The number of aromatic nitrogens is 1. The second kappa shape index (κ2) is 4.95. The second-order valence-corrected chi connectivity index (χ2v) is 4.14. The first-order chi connectivity index (χ1) is 8.15. The van der Waals surface area contributed by atoms with E-state index in [4.69, 9.17) is 0 Å². The molecule has 1 heterocycles. The van der Waals surface area contributed by atoms with Crippen LogP contribution in [0.4, 0.5) is 10.1 Å². The van der Waals surface area contributed by atoms with Crippen molar-refractivity contribution in [2.45, 2.75) is 20.4 Å². The molecule has 1 aromatic carbocycles. The fourth-order valence-electron chi connectivity index (χ4n) is 1.55. The quantitative estimate of drug-likeness (QED) is 0.873. The first-order valence-corrected chi connectivity index (χ1v) is 5.57. The topological polar surface area (TPSA) is 24.9 Å². The highest BCUT2D eigenvalue weighted by Gasteiger charge is 1.99. The molecule has 0 aliphatic carbocycles. The van der Waals surface area contributed by atoms with Gasteiger partial charge in [0, 0.05) is 11.9 Å². The molecule has 0 bridgehead atoms. The van der Waals surface area contributed by atoms with Gasteiger partial charge >= 0.3 is 0 Å². The molecule has 88 valence electrons. The van der Waals surface area contributed by atoms with Crippen LogP contribution in [-0.4, -0.2) is 4.98 Å². The summed E-state index contributed by atoms with van der Waals surface area (Å²) in [5, 5.41) is 3.22. The lowest BCUT2D eigenvalue weighted by molar-refractivity contribution is 0.618. The van der Waals surface area contributed by atoms with E-state index in [1.807, 2.05) is 25.3 Å². The van der Waals surface area contributed by atoms with E-state index < -0.39 is 0 Å². The molecule has 1 N–H and O–H groups in total. The van der Waals surface area contributed by atoms with Crippen molar-refractivity contribution in [2.75, 3.05) is 5.32 Å². The lowest BCUT2D eigenvalue weighted by atomic mass is 10.2. The van der Waals surface area contributed by atoms with Gasteiger partial charge in [-0.05, 0) is 49.2 Å². The second-order valence-electron chi connectivity index (χ2n) is 4.14. The molecular weight excluding hydrogens is 215 g/mol. The zero-order valence-electron chi connectivity index (χ0n) is 10.00. The van der Waals surface area contributed by atoms with Gasteiger partial charge in [0.2, 0.25) is 0 Å². The molecule has 0 aliphatic rings. The summed E-state index contributed by atoms with van der Waals surface area (Å²) in [4.78, 5) is 4.30. The summed E-state index contributed by atoms with van der Waals surface area (Å²) >= 11 is 0. The van der Waals surface area contributed by atoms with Crippen LogP contribution < -0.4 is 5.32 Å². The maximum absolute atomic E-state index is 13.1. The van der Waals surface area contributed by atoms with E-state index in [0.717, 1.165) is 16.9 Å². The molecule has 17 heavy (non-hydrogen) atoms. The van der Waals surface area contributed by atoms with E-state index in [9.17, 15) is 4.39 Å². The third-order valence-electron chi connectivity index (χ3n) is 2.60. The number of hydrogen-bond acceptors (Lipinski definition) is 2. The van der Waals surface area contributed by atoms with E-state index in [-0.39, 0.29) is 5.82 Å². The molecule has 0 radical (unpaired) electrons. The average Bonchev–Trinajstić information content (AvgIpc) is 2.33. The molecule has 0 saturated carbocycles. The largest absolute Gasteiger partial charge is 0.379 e. The SMILES string of the molecule is Cc1ccc(CNc2ccc(F)c(C)c2)nc1. The standard InChI is InChI=1S/C14H15FN2/c1-10-3-4-13(16-8-10)9-17-12-5-6-14(15)11(2)7-12/h3-8,17H,9H2,1-2H3. The molecule has 0 amide bonds. The first kappa shape index (κ1) is 11.6. The fraction of sp³-hybridized carbons (Fsp3) is 0.214. The minimum absolute atomic E-state index is 0.177. The van der Waals surface area contributed by atoms with Crippen LogP contribution >= 0.6 is 0 Å². The molecule has 0 fully saturated rings. The smallest absolute Gasteiger partial charge is 0.126 e. The van der Waals surface area contributed by atoms with Gasteiger partial charge in [-0.3, -0.25) is 4.98 Å². The fourth-order valence-corrected chi connectivity index (χ4v) is 1.55. The molecular formula is C14H15FN2. The van der Waals surface area contributed by atoms with E-state index >= 15 is 0 Å². The molecule has 2 aromatic rings. The Labute approximate surface area is 101 Å². The molecule has 0 saturated heterocycles. The van der Waals surface area contributed by atoms with Gasteiger partial charge in [0.1, 0.15) is 5.82 Å². The number of nitrogens with zero attached hydrogens (tertiary/aromatic N) is 1. The lowest BCUT2D eigenvalue weighted by Crippen LogP contribution is -2.02. The Hall–Kier alpha value is -1.90. The number of nitrogens with one attached hydrogen (secondary N) is 1. The molecule has 0 atom stereocenters. The Morgan fingerprint density at radius 1 is 1.18 bits per heavy atom. The summed E-state index contributed by atoms with van der Waals surface area (Å²) in [6.07, 6.45) is 1.84. The average molecular weight is 230 g/mol. The predicted molar refractivity (Wildman–Crippen MR) is 67.4 cm³/mol. The van der Waals surface area contributed by atoms with Gasteiger partial charge in [-0.25, -0.2) is 4.39 Å². The zero-order valence-corrected chi connectivity index (χ0v) is 10.00. The molecule has 2 nitrogen and oxygen atoms in total. The van der Waals surface area contributed by atoms with E-state index in [1.165, 1.54) is 6.07 Å². The van der Waals surface area contributed by atoms with Crippen molar-refractivity contribution in [3.8, 4) is 0 Å². The van der Waals surface area contributed by atoms with Gasteiger partial charge < -0.3 is 5.32 Å². The van der Waals surface area contributed by atoms with Crippen molar-refractivity contribution >= 4 is 5.69 Å². The van der Waals surface area contributed by atoms with E-state index in [2.05, 4.69) is 10.3 Å². The Kier molecular flexibility index (Phi) is 3.38. The maximum Gasteiger partial charge on any atom is 0.126 e. The number of hydrogen-bond donors (Lipinski definition) is 1. The van der Waals surface area contributed by atoms with Crippen LogP contribution in [-0.2, 0) is 6.54 Å². The van der Waals surface area contributed by atoms with Crippen molar-refractivity contribution in [3.63, 3.8) is 0 Å². The molecule has 2 rings (SSSR count). The molecule has 3 heteroatoms. The number of benzene rings is 1. The number of aryl methyl sites for hydroxylation is 2. The highest BCUT2D eigenvalue weighted by Crippen LogP contribution is 2.14. The van der Waals surface area contributed by atoms with Crippen molar-refractivity contribution in [2.24, 2.45) is 0 Å². The molecule has 0 unspecified atom stereocenters. The predicted octanol–water partition coefficient (Wildman–Crippen LogP) is 3.45. The van der Waals surface area contributed by atoms with Gasteiger partial charge in [0.25, 0.3) is 0 Å². The van der Waals surface area contributed by atoms with Gasteiger partial charge in [-0.2, -0.15) is 0 Å². The minimum atomic E-state index is -0.177. The van der Waals surface area contributed by atoms with Crippen LogP contribution in [0.5, 0.6) is 0 Å². The number of halogens is 1. The van der Waals surface area contributed by atoms with Gasteiger partial charge in [-0.15, -0.1) is 0 Å². The molecule has 0 aliphatic heterocycles. The summed E-state index contributed by atoms with van der Waals surface area (Å²) in [6.45, 7) is 4.41. The van der Waals surface area contributed by atoms with Gasteiger partial charge in [-0.1, -0.05) is 6.07 Å².